The summed E-state index contributed by atoms with van der Waals surface area (Å²) in [4.78, 5) is 23.2. The smallest absolute Gasteiger partial charge is 0.330 e. The fourth-order valence-corrected chi connectivity index (χ4v) is 5.26. The molecule has 4 nitrogen and oxygen atoms in total. The first-order chi connectivity index (χ1) is 12.1. The summed E-state index contributed by atoms with van der Waals surface area (Å²) in [6.07, 6.45) is 11.1. The molecule has 0 saturated heterocycles. The normalized spacial score (nSPS) is 37.0. The van der Waals surface area contributed by atoms with Gasteiger partial charge in [-0.2, -0.15) is 0 Å². The van der Waals surface area contributed by atoms with Gasteiger partial charge in [0.25, 0.3) is 0 Å². The van der Waals surface area contributed by atoms with Crippen molar-refractivity contribution in [2.45, 2.75) is 72.8 Å². The highest BCUT2D eigenvalue weighted by Gasteiger charge is 2.55. The highest BCUT2D eigenvalue weighted by atomic mass is 16.5. The molecule has 0 radical (unpaired) electrons. The molecule has 2 aliphatic rings. The second kappa shape index (κ2) is 7.98. The van der Waals surface area contributed by atoms with Crippen LogP contribution < -0.4 is 0 Å². The third-order valence-corrected chi connectivity index (χ3v) is 6.89. The molecule has 5 atom stereocenters. The van der Waals surface area contributed by atoms with E-state index in [1.165, 1.54) is 20.5 Å². The van der Waals surface area contributed by atoms with Crippen molar-refractivity contribution in [3.8, 4) is 0 Å². The Labute approximate surface area is 158 Å². The van der Waals surface area contributed by atoms with E-state index in [1.807, 2.05) is 6.92 Å². The quantitative estimate of drug-likeness (QED) is 0.399. The van der Waals surface area contributed by atoms with E-state index in [2.05, 4.69) is 32.9 Å². The van der Waals surface area contributed by atoms with Crippen LogP contribution in [0, 0.1) is 22.7 Å². The number of carbonyl (C=O) groups excluding carboxylic acids is 2. The molecule has 1 fully saturated rings. The number of hydrogen-bond acceptors (Lipinski definition) is 4. The summed E-state index contributed by atoms with van der Waals surface area (Å²) in [6.45, 7) is 10.4. The molecule has 0 aliphatic heterocycles. The summed E-state index contributed by atoms with van der Waals surface area (Å²) < 4.78 is 10.5. The average molecular weight is 363 g/mol. The molecular weight excluding hydrogens is 328 g/mol. The number of allylic oxidation sites excluding steroid dienone is 3. The van der Waals surface area contributed by atoms with Gasteiger partial charge in [0.05, 0.1) is 7.11 Å². The zero-order valence-corrected chi connectivity index (χ0v) is 17.1. The Kier molecular flexibility index (Phi) is 6.36. The van der Waals surface area contributed by atoms with Gasteiger partial charge in [-0.15, -0.1) is 0 Å². The minimum atomic E-state index is -0.299. The van der Waals surface area contributed by atoms with E-state index in [0.29, 0.717) is 5.92 Å². The van der Waals surface area contributed by atoms with Gasteiger partial charge in [0.1, 0.15) is 6.10 Å². The van der Waals surface area contributed by atoms with Crippen molar-refractivity contribution >= 4 is 11.9 Å². The Hall–Kier alpha value is -1.58. The number of ether oxygens (including phenoxy) is 2. The predicted molar refractivity (Wildman–Crippen MR) is 102 cm³/mol. The van der Waals surface area contributed by atoms with Crippen molar-refractivity contribution in [1.82, 2.24) is 0 Å². The third kappa shape index (κ3) is 4.21. The minimum Gasteiger partial charge on any atom is -0.466 e. The van der Waals surface area contributed by atoms with Gasteiger partial charge in [-0.25, -0.2) is 4.79 Å². The summed E-state index contributed by atoms with van der Waals surface area (Å²) in [6, 6.07) is 0. The molecule has 146 valence electrons. The van der Waals surface area contributed by atoms with Crippen LogP contribution in [0.2, 0.25) is 0 Å². The molecule has 0 amide bonds. The van der Waals surface area contributed by atoms with Crippen molar-refractivity contribution < 1.29 is 19.1 Å². The van der Waals surface area contributed by atoms with E-state index in [4.69, 9.17) is 9.47 Å². The molecule has 0 N–H and O–H groups in total. The van der Waals surface area contributed by atoms with Gasteiger partial charge in [0.2, 0.25) is 0 Å². The molecule has 26 heavy (non-hydrogen) atoms. The summed E-state index contributed by atoms with van der Waals surface area (Å²) in [7, 11) is 1.40. The molecule has 2 rings (SSSR count). The molecule has 1 unspecified atom stereocenters. The number of hydrogen-bond donors (Lipinski definition) is 0. The van der Waals surface area contributed by atoms with Gasteiger partial charge in [0.15, 0.2) is 0 Å². The van der Waals surface area contributed by atoms with Gasteiger partial charge < -0.3 is 9.47 Å². The van der Waals surface area contributed by atoms with Crippen molar-refractivity contribution in [1.29, 1.82) is 0 Å². The molecule has 0 aromatic rings. The van der Waals surface area contributed by atoms with E-state index < -0.39 is 0 Å². The topological polar surface area (TPSA) is 52.6 Å². The van der Waals surface area contributed by atoms with Crippen molar-refractivity contribution in [3.05, 3.63) is 23.8 Å². The summed E-state index contributed by atoms with van der Waals surface area (Å²) >= 11 is 0. The minimum absolute atomic E-state index is 0.0447. The highest BCUT2D eigenvalue weighted by Crippen LogP contribution is 2.60. The first kappa shape index (κ1) is 20.7. The van der Waals surface area contributed by atoms with Gasteiger partial charge in [0, 0.05) is 13.0 Å². The Morgan fingerprint density at radius 2 is 1.96 bits per heavy atom. The second-order valence-corrected chi connectivity index (χ2v) is 8.70. The number of carbonyl (C=O) groups is 2. The summed E-state index contributed by atoms with van der Waals surface area (Å²) in [5, 5.41) is 0. The molecular formula is C22H34O4. The van der Waals surface area contributed by atoms with Gasteiger partial charge >= 0.3 is 11.9 Å². The van der Waals surface area contributed by atoms with Crippen LogP contribution in [-0.4, -0.2) is 25.2 Å². The molecule has 4 heteroatoms. The molecule has 0 bridgehead atoms. The van der Waals surface area contributed by atoms with E-state index in [9.17, 15) is 9.59 Å². The number of esters is 2. The maximum absolute atomic E-state index is 11.7. The Bertz CT molecular complexity index is 605. The number of rotatable bonds is 5. The Morgan fingerprint density at radius 3 is 2.58 bits per heavy atom. The maximum Gasteiger partial charge on any atom is 0.330 e. The van der Waals surface area contributed by atoms with Gasteiger partial charge in [-0.05, 0) is 61.7 Å². The lowest BCUT2D eigenvalue weighted by molar-refractivity contribution is -0.168. The van der Waals surface area contributed by atoms with E-state index in [-0.39, 0.29) is 34.8 Å². The van der Waals surface area contributed by atoms with Crippen LogP contribution in [0.5, 0.6) is 0 Å². The zero-order valence-electron chi connectivity index (χ0n) is 17.1. The molecule has 1 saturated carbocycles. The first-order valence-electron chi connectivity index (χ1n) is 9.72. The largest absolute Gasteiger partial charge is 0.466 e. The molecule has 0 aromatic heterocycles. The van der Waals surface area contributed by atoms with E-state index in [0.717, 1.165) is 31.3 Å². The molecule has 0 spiro atoms. The van der Waals surface area contributed by atoms with E-state index >= 15 is 0 Å². The predicted octanol–water partition coefficient (Wildman–Crippen LogP) is 4.84. The van der Waals surface area contributed by atoms with Crippen LogP contribution in [0.1, 0.15) is 66.7 Å². The third-order valence-electron chi connectivity index (χ3n) is 6.89. The summed E-state index contributed by atoms with van der Waals surface area (Å²) in [5.74, 6) is 0.329. The second-order valence-electron chi connectivity index (χ2n) is 8.70. The van der Waals surface area contributed by atoms with Gasteiger partial charge in [-0.3, -0.25) is 4.79 Å². The standard InChI is InChI=1S/C22H34O4/c1-15(13-20(24)25-6)10-12-22(5)16(2)18(26-17(3)23)14-21(4)11-8-7-9-19(21)22/h8,11,13,16,18-19H,7,9-10,12,14H2,1-6H3/b15-13+/t16-,18-,19?,21+,22+/m1/s1. The van der Waals surface area contributed by atoms with Crippen LogP contribution in [0.25, 0.3) is 0 Å². The Morgan fingerprint density at radius 1 is 1.27 bits per heavy atom. The Balaban J connectivity index is 2.28. The van der Waals surface area contributed by atoms with Crippen molar-refractivity contribution in [3.63, 3.8) is 0 Å². The molecule has 2 aliphatic carbocycles. The maximum atomic E-state index is 11.7. The average Bonchev–Trinajstić information content (AvgIpc) is 2.57. The van der Waals surface area contributed by atoms with Crippen molar-refractivity contribution in [2.75, 3.05) is 7.11 Å². The van der Waals surface area contributed by atoms with Crippen LogP contribution in [0.3, 0.4) is 0 Å². The fraction of sp³-hybridized carbons (Fsp3) is 0.727. The lowest BCUT2D eigenvalue weighted by Crippen LogP contribution is -2.54. The fourth-order valence-electron chi connectivity index (χ4n) is 5.26. The number of fused-ring (bicyclic) bond motifs is 1. The van der Waals surface area contributed by atoms with Crippen LogP contribution in [-0.2, 0) is 19.1 Å². The van der Waals surface area contributed by atoms with E-state index in [1.54, 1.807) is 6.08 Å². The highest BCUT2D eigenvalue weighted by molar-refractivity contribution is 5.82. The zero-order chi connectivity index (χ0) is 19.5. The SMILES string of the molecule is COC(=O)/C=C(\C)CC[C@]1(C)C2CCC=C[C@@]2(C)C[C@@H](OC(C)=O)[C@H]1C. The summed E-state index contributed by atoms with van der Waals surface area (Å²) in [5.41, 5.74) is 1.14. The van der Waals surface area contributed by atoms with Crippen LogP contribution >= 0.6 is 0 Å². The first-order valence-corrected chi connectivity index (χ1v) is 9.72. The number of methoxy groups -OCH3 is 1. The van der Waals surface area contributed by atoms with Crippen molar-refractivity contribution in [2.24, 2.45) is 22.7 Å². The lowest BCUT2D eigenvalue weighted by atomic mass is 9.48. The monoisotopic (exact) mass is 362 g/mol. The van der Waals surface area contributed by atoms with Crippen LogP contribution in [0.15, 0.2) is 23.8 Å². The lowest BCUT2D eigenvalue weighted by Gasteiger charge is -2.58. The van der Waals surface area contributed by atoms with Gasteiger partial charge in [-0.1, -0.05) is 38.5 Å². The van der Waals surface area contributed by atoms with Crippen LogP contribution in [0.4, 0.5) is 0 Å². The molecule has 0 aromatic carbocycles. The molecule has 0 heterocycles.